The van der Waals surface area contributed by atoms with Gasteiger partial charge in [0, 0.05) is 5.56 Å². The second-order valence-electron chi connectivity index (χ2n) is 3.46. The van der Waals surface area contributed by atoms with E-state index in [-0.39, 0.29) is 0 Å². The Morgan fingerprint density at radius 1 is 0.875 bits per heavy atom. The van der Waals surface area contributed by atoms with Gasteiger partial charge in [-0.15, -0.1) is 0 Å². The van der Waals surface area contributed by atoms with E-state index in [1.807, 2.05) is 66.7 Å². The first-order valence-corrected chi connectivity index (χ1v) is 5.19. The molecule has 0 aromatic heterocycles. The Balaban J connectivity index is 2.38. The van der Waals surface area contributed by atoms with Gasteiger partial charge >= 0.3 is 0 Å². The molecule has 0 amide bonds. The summed E-state index contributed by atoms with van der Waals surface area (Å²) in [5, 5.41) is 0. The van der Waals surface area contributed by atoms with Crippen molar-refractivity contribution in [1.29, 1.82) is 0 Å². The van der Waals surface area contributed by atoms with E-state index in [1.54, 1.807) is 0 Å². The van der Waals surface area contributed by atoms with Crippen molar-refractivity contribution in [2.75, 3.05) is 0 Å². The standard InChI is InChI=1S/C15H13N/c1-16-15(14-10-6-3-7-11-14)12-13-8-4-2-5-9-13/h2-12H,1H2/b15-12+. The smallest absolute Gasteiger partial charge is 0.0700 e. The zero-order chi connectivity index (χ0) is 11.2. The van der Waals surface area contributed by atoms with Crippen molar-refractivity contribution in [3.8, 4) is 0 Å². The van der Waals surface area contributed by atoms with Crippen LogP contribution in [0.15, 0.2) is 65.7 Å². The maximum Gasteiger partial charge on any atom is 0.0700 e. The fourth-order valence-electron chi connectivity index (χ4n) is 1.54. The molecule has 1 heteroatoms. The number of hydrogen-bond acceptors (Lipinski definition) is 1. The van der Waals surface area contributed by atoms with Gasteiger partial charge in [-0.2, -0.15) is 0 Å². The van der Waals surface area contributed by atoms with Crippen molar-refractivity contribution in [2.24, 2.45) is 4.99 Å². The van der Waals surface area contributed by atoms with E-state index < -0.39 is 0 Å². The molecular formula is C15H13N. The Morgan fingerprint density at radius 2 is 1.44 bits per heavy atom. The summed E-state index contributed by atoms with van der Waals surface area (Å²) in [7, 11) is 0. The van der Waals surface area contributed by atoms with Crippen LogP contribution in [-0.4, -0.2) is 6.72 Å². The van der Waals surface area contributed by atoms with Crippen molar-refractivity contribution >= 4 is 18.5 Å². The normalized spacial score (nSPS) is 11.1. The van der Waals surface area contributed by atoms with Gasteiger partial charge in [-0.3, -0.25) is 4.99 Å². The Hall–Kier alpha value is -2.15. The Kier molecular flexibility index (Phi) is 3.29. The number of aliphatic imine (C=N–C) groups is 1. The van der Waals surface area contributed by atoms with Crippen molar-refractivity contribution in [3.05, 3.63) is 71.8 Å². The van der Waals surface area contributed by atoms with Gasteiger partial charge in [0.25, 0.3) is 0 Å². The van der Waals surface area contributed by atoms with E-state index in [1.165, 1.54) is 0 Å². The van der Waals surface area contributed by atoms with Gasteiger partial charge in [-0.1, -0.05) is 60.7 Å². The van der Waals surface area contributed by atoms with Crippen LogP contribution >= 0.6 is 0 Å². The predicted octanol–water partition coefficient (Wildman–Crippen LogP) is 3.89. The molecule has 2 aromatic carbocycles. The fourth-order valence-corrected chi connectivity index (χ4v) is 1.54. The van der Waals surface area contributed by atoms with Crippen LogP contribution in [0.5, 0.6) is 0 Å². The summed E-state index contributed by atoms with van der Waals surface area (Å²) >= 11 is 0. The van der Waals surface area contributed by atoms with Gasteiger partial charge in [0.15, 0.2) is 0 Å². The second-order valence-corrected chi connectivity index (χ2v) is 3.46. The van der Waals surface area contributed by atoms with E-state index in [0.717, 1.165) is 16.8 Å². The molecule has 0 heterocycles. The molecule has 0 radical (unpaired) electrons. The Morgan fingerprint density at radius 3 is 2.00 bits per heavy atom. The maximum atomic E-state index is 4.06. The number of benzene rings is 2. The first kappa shape index (κ1) is 10.4. The first-order valence-electron chi connectivity index (χ1n) is 5.19. The molecule has 1 nitrogen and oxygen atoms in total. The van der Waals surface area contributed by atoms with Crippen molar-refractivity contribution in [1.82, 2.24) is 0 Å². The SMILES string of the molecule is C=N/C(=C/c1ccccc1)c1ccccc1. The number of rotatable bonds is 3. The summed E-state index contributed by atoms with van der Waals surface area (Å²) in [5.74, 6) is 0. The lowest BCUT2D eigenvalue weighted by Gasteiger charge is -2.01. The summed E-state index contributed by atoms with van der Waals surface area (Å²) < 4.78 is 0. The lowest BCUT2D eigenvalue weighted by atomic mass is 10.1. The Labute approximate surface area is 95.8 Å². The van der Waals surface area contributed by atoms with Crippen LogP contribution in [0.3, 0.4) is 0 Å². The number of hydrogen-bond donors (Lipinski definition) is 0. The molecule has 0 saturated heterocycles. The third-order valence-electron chi connectivity index (χ3n) is 2.34. The molecular weight excluding hydrogens is 194 g/mol. The monoisotopic (exact) mass is 207 g/mol. The predicted molar refractivity (Wildman–Crippen MR) is 70.3 cm³/mol. The van der Waals surface area contributed by atoms with Crippen LogP contribution in [0.1, 0.15) is 11.1 Å². The van der Waals surface area contributed by atoms with E-state index in [4.69, 9.17) is 0 Å². The molecule has 2 rings (SSSR count). The lowest BCUT2D eigenvalue weighted by molar-refractivity contribution is 1.53. The van der Waals surface area contributed by atoms with Crippen molar-refractivity contribution in [3.63, 3.8) is 0 Å². The first-order chi connectivity index (χ1) is 7.90. The van der Waals surface area contributed by atoms with Gasteiger partial charge in [0.2, 0.25) is 0 Å². The van der Waals surface area contributed by atoms with Crippen LogP contribution in [-0.2, 0) is 0 Å². The second kappa shape index (κ2) is 5.08. The zero-order valence-electron chi connectivity index (χ0n) is 9.01. The molecule has 0 bridgehead atoms. The highest BCUT2D eigenvalue weighted by atomic mass is 14.7. The summed E-state index contributed by atoms with van der Waals surface area (Å²) in [5.41, 5.74) is 3.11. The zero-order valence-corrected chi connectivity index (χ0v) is 9.01. The molecule has 0 saturated carbocycles. The van der Waals surface area contributed by atoms with Crippen LogP contribution < -0.4 is 0 Å². The molecule has 0 atom stereocenters. The van der Waals surface area contributed by atoms with Crippen LogP contribution in [0, 0.1) is 0 Å². The van der Waals surface area contributed by atoms with Gasteiger partial charge in [-0.05, 0) is 18.4 Å². The van der Waals surface area contributed by atoms with E-state index in [0.29, 0.717) is 0 Å². The molecule has 0 aliphatic carbocycles. The van der Waals surface area contributed by atoms with Gasteiger partial charge in [-0.25, -0.2) is 0 Å². The van der Waals surface area contributed by atoms with Gasteiger partial charge < -0.3 is 0 Å². The molecule has 0 spiro atoms. The van der Waals surface area contributed by atoms with E-state index in [2.05, 4.69) is 11.7 Å². The minimum atomic E-state index is 0.895. The summed E-state index contributed by atoms with van der Waals surface area (Å²) in [6.45, 7) is 3.62. The average molecular weight is 207 g/mol. The van der Waals surface area contributed by atoms with Crippen LogP contribution in [0.2, 0.25) is 0 Å². The summed E-state index contributed by atoms with van der Waals surface area (Å²) in [6, 6.07) is 20.2. The molecule has 0 N–H and O–H groups in total. The Bertz CT molecular complexity index is 483. The molecule has 0 aliphatic rings. The largest absolute Gasteiger partial charge is 0.264 e. The molecule has 0 unspecified atom stereocenters. The summed E-state index contributed by atoms with van der Waals surface area (Å²) in [6.07, 6.45) is 2.03. The van der Waals surface area contributed by atoms with Crippen LogP contribution in [0.25, 0.3) is 11.8 Å². The fraction of sp³-hybridized carbons (Fsp3) is 0. The third kappa shape index (κ3) is 2.45. The highest BCUT2D eigenvalue weighted by molar-refractivity contribution is 5.82. The van der Waals surface area contributed by atoms with Crippen LogP contribution in [0.4, 0.5) is 0 Å². The highest BCUT2D eigenvalue weighted by Crippen LogP contribution is 2.18. The minimum absolute atomic E-state index is 0.895. The topological polar surface area (TPSA) is 12.4 Å². The van der Waals surface area contributed by atoms with Gasteiger partial charge in [0.1, 0.15) is 0 Å². The molecule has 16 heavy (non-hydrogen) atoms. The molecule has 2 aromatic rings. The number of nitrogens with zero attached hydrogens (tertiary/aromatic N) is 1. The summed E-state index contributed by atoms with van der Waals surface area (Å²) in [4.78, 5) is 4.06. The molecule has 0 fully saturated rings. The van der Waals surface area contributed by atoms with Gasteiger partial charge in [0.05, 0.1) is 5.70 Å². The maximum absolute atomic E-state index is 4.06. The van der Waals surface area contributed by atoms with E-state index >= 15 is 0 Å². The van der Waals surface area contributed by atoms with Crippen molar-refractivity contribution in [2.45, 2.75) is 0 Å². The van der Waals surface area contributed by atoms with E-state index in [9.17, 15) is 0 Å². The highest BCUT2D eigenvalue weighted by Gasteiger charge is 1.97. The quantitative estimate of drug-likeness (QED) is 0.535. The lowest BCUT2D eigenvalue weighted by Crippen LogP contribution is -1.80. The molecule has 78 valence electrons. The molecule has 0 aliphatic heterocycles. The average Bonchev–Trinajstić information content (AvgIpc) is 2.38. The minimum Gasteiger partial charge on any atom is -0.264 e. The third-order valence-corrected chi connectivity index (χ3v) is 2.34. The van der Waals surface area contributed by atoms with Crippen molar-refractivity contribution < 1.29 is 0 Å².